The van der Waals surface area contributed by atoms with Gasteiger partial charge in [0.05, 0.1) is 5.56 Å². The molecule has 4 aromatic carbocycles. The van der Waals surface area contributed by atoms with E-state index in [1.165, 1.54) is 0 Å². The maximum Gasteiger partial charge on any atom is 0.336 e. The molecule has 5 heteroatoms. The summed E-state index contributed by atoms with van der Waals surface area (Å²) in [5.41, 5.74) is 7.36. The molecule has 0 unspecified atom stereocenters. The largest absolute Gasteiger partial charge is 0.478 e. The Morgan fingerprint density at radius 2 is 1.66 bits per heavy atom. The van der Waals surface area contributed by atoms with Gasteiger partial charge in [0, 0.05) is 40.3 Å². The lowest BCUT2D eigenvalue weighted by Crippen LogP contribution is -2.01. The monoisotopic (exact) mass is 474 g/mol. The number of hydrogen-bond acceptors (Lipinski definition) is 3. The number of hydrogen-bond donors (Lipinski definition) is 3. The molecule has 5 rings (SSSR count). The van der Waals surface area contributed by atoms with Crippen molar-refractivity contribution in [2.45, 2.75) is 0 Å². The number of aromatic carboxylic acids is 1. The fraction of sp³-hybridized carbons (Fsp3) is 0.0333. The van der Waals surface area contributed by atoms with Gasteiger partial charge in [-0.3, -0.25) is 0 Å². The highest BCUT2D eigenvalue weighted by molar-refractivity contribution is 7.99. The first-order valence-electron chi connectivity index (χ1n) is 11.1. The molecule has 0 aliphatic heterocycles. The summed E-state index contributed by atoms with van der Waals surface area (Å²) in [5.74, 6) is 5.51. The Balaban J connectivity index is 1.56. The van der Waals surface area contributed by atoms with Crippen molar-refractivity contribution in [1.82, 2.24) is 4.98 Å². The van der Waals surface area contributed by atoms with Gasteiger partial charge in [-0.25, -0.2) is 4.79 Å². The van der Waals surface area contributed by atoms with Crippen LogP contribution in [0.3, 0.4) is 0 Å². The van der Waals surface area contributed by atoms with Crippen LogP contribution in [0.15, 0.2) is 97.2 Å². The molecule has 0 atom stereocenters. The molecule has 0 saturated carbocycles. The average molecular weight is 475 g/mol. The van der Waals surface area contributed by atoms with Crippen molar-refractivity contribution in [3.05, 3.63) is 114 Å². The summed E-state index contributed by atoms with van der Waals surface area (Å²) in [7, 11) is 0. The highest BCUT2D eigenvalue weighted by atomic mass is 32.2. The number of H-pyrrole nitrogens is 1. The second kappa shape index (κ2) is 9.84. The van der Waals surface area contributed by atoms with Crippen LogP contribution >= 0.6 is 11.9 Å². The number of rotatable bonds is 5. The number of aromatic amines is 1. The van der Waals surface area contributed by atoms with Gasteiger partial charge < -0.3 is 14.8 Å². The minimum atomic E-state index is -0.976. The van der Waals surface area contributed by atoms with Crippen molar-refractivity contribution in [1.29, 1.82) is 0 Å². The number of carbonyl (C=O) groups is 1. The fourth-order valence-corrected chi connectivity index (χ4v) is 4.51. The summed E-state index contributed by atoms with van der Waals surface area (Å²) >= 11 is 1.56. The van der Waals surface area contributed by atoms with Gasteiger partial charge in [0.15, 0.2) is 0 Å². The minimum absolute atomic E-state index is 0.231. The standard InChI is InChI=1S/C30H22N2O2S/c1-35-32-26-9-3-8-24(18-26)23-7-2-5-20(17-23)11-12-22-6-4-10-27(30(33)34)29(22)25-14-13-21-15-16-31-28(21)19-25/h2-10,13-19,31-32H,1H3,(H,33,34). The molecule has 0 saturated heterocycles. The van der Waals surface area contributed by atoms with Crippen LogP contribution in [-0.4, -0.2) is 22.3 Å². The van der Waals surface area contributed by atoms with Crippen molar-refractivity contribution in [2.75, 3.05) is 11.0 Å². The molecule has 0 amide bonds. The van der Waals surface area contributed by atoms with E-state index in [1.54, 1.807) is 24.1 Å². The lowest BCUT2D eigenvalue weighted by atomic mass is 9.93. The van der Waals surface area contributed by atoms with Crippen molar-refractivity contribution in [3.8, 4) is 34.1 Å². The zero-order chi connectivity index (χ0) is 24.2. The molecule has 5 aromatic rings. The van der Waals surface area contributed by atoms with Crippen LogP contribution in [0.1, 0.15) is 21.5 Å². The predicted octanol–water partition coefficient (Wildman–Crippen LogP) is 7.29. The van der Waals surface area contributed by atoms with Gasteiger partial charge in [0.25, 0.3) is 0 Å². The van der Waals surface area contributed by atoms with E-state index >= 15 is 0 Å². The number of nitrogens with one attached hydrogen (secondary N) is 2. The zero-order valence-corrected chi connectivity index (χ0v) is 19.8. The van der Waals surface area contributed by atoms with Gasteiger partial charge in [-0.05, 0) is 70.6 Å². The summed E-state index contributed by atoms with van der Waals surface area (Å²) < 4.78 is 3.26. The van der Waals surface area contributed by atoms with Crippen LogP contribution in [0.2, 0.25) is 0 Å². The van der Waals surface area contributed by atoms with E-state index in [0.29, 0.717) is 11.1 Å². The maximum atomic E-state index is 12.0. The van der Waals surface area contributed by atoms with Crippen molar-refractivity contribution in [2.24, 2.45) is 0 Å². The Kier molecular flexibility index (Phi) is 6.30. The van der Waals surface area contributed by atoms with E-state index in [0.717, 1.165) is 38.8 Å². The number of aromatic nitrogens is 1. The number of carboxylic acid groups (broad SMARTS) is 1. The van der Waals surface area contributed by atoms with Crippen molar-refractivity contribution < 1.29 is 9.90 Å². The number of carboxylic acids is 1. The molecule has 3 N–H and O–H groups in total. The molecule has 0 aliphatic rings. The zero-order valence-electron chi connectivity index (χ0n) is 19.0. The SMILES string of the molecule is CSNc1cccc(-c2cccc(C#Cc3cccc(C(=O)O)c3-c3ccc4cc[nH]c4c3)c2)c1. The van der Waals surface area contributed by atoms with Crippen LogP contribution in [0.25, 0.3) is 33.2 Å². The lowest BCUT2D eigenvalue weighted by Gasteiger charge is -2.10. The summed E-state index contributed by atoms with van der Waals surface area (Å²) in [5, 5.41) is 10.9. The first-order valence-corrected chi connectivity index (χ1v) is 12.3. The molecule has 0 fully saturated rings. The van der Waals surface area contributed by atoms with Crippen molar-refractivity contribution >= 4 is 34.5 Å². The fourth-order valence-electron chi connectivity index (χ4n) is 4.15. The Hall–Kier alpha value is -4.40. The molecule has 1 heterocycles. The van der Waals surface area contributed by atoms with E-state index in [-0.39, 0.29) is 5.56 Å². The summed E-state index contributed by atoms with van der Waals surface area (Å²) in [4.78, 5) is 15.2. The van der Waals surface area contributed by atoms with E-state index in [2.05, 4.69) is 45.8 Å². The summed E-state index contributed by atoms with van der Waals surface area (Å²) in [6, 6.07) is 29.4. The molecular formula is C30H22N2O2S. The topological polar surface area (TPSA) is 65.1 Å². The molecule has 1 aromatic heterocycles. The van der Waals surface area contributed by atoms with E-state index in [9.17, 15) is 9.90 Å². The second-order valence-electron chi connectivity index (χ2n) is 8.03. The van der Waals surface area contributed by atoms with Crippen LogP contribution < -0.4 is 4.72 Å². The highest BCUT2D eigenvalue weighted by Gasteiger charge is 2.15. The molecule has 0 radical (unpaired) electrons. The first-order chi connectivity index (χ1) is 17.1. The third kappa shape index (κ3) is 4.79. The van der Waals surface area contributed by atoms with Gasteiger partial charge in [-0.1, -0.05) is 66.3 Å². The van der Waals surface area contributed by atoms with Crippen LogP contribution in [0.5, 0.6) is 0 Å². The van der Waals surface area contributed by atoms with Crippen molar-refractivity contribution in [3.63, 3.8) is 0 Å². The summed E-state index contributed by atoms with van der Waals surface area (Å²) in [6.07, 6.45) is 3.87. The maximum absolute atomic E-state index is 12.0. The average Bonchev–Trinajstić information content (AvgIpc) is 3.36. The molecule has 4 nitrogen and oxygen atoms in total. The Morgan fingerprint density at radius 3 is 2.49 bits per heavy atom. The predicted molar refractivity (Wildman–Crippen MR) is 146 cm³/mol. The quantitative estimate of drug-likeness (QED) is 0.185. The molecule has 0 bridgehead atoms. The highest BCUT2D eigenvalue weighted by Crippen LogP contribution is 2.30. The van der Waals surface area contributed by atoms with Crippen LogP contribution in [0.4, 0.5) is 5.69 Å². The smallest absolute Gasteiger partial charge is 0.336 e. The Bertz CT molecular complexity index is 1610. The third-order valence-corrected chi connectivity index (χ3v) is 6.20. The normalized spacial score (nSPS) is 10.5. The van der Waals surface area contributed by atoms with Gasteiger partial charge in [-0.15, -0.1) is 0 Å². The molecule has 35 heavy (non-hydrogen) atoms. The van der Waals surface area contributed by atoms with E-state index in [4.69, 9.17) is 0 Å². The first kappa shape index (κ1) is 22.4. The summed E-state index contributed by atoms with van der Waals surface area (Å²) in [6.45, 7) is 0. The van der Waals surface area contributed by atoms with Gasteiger partial charge in [0.2, 0.25) is 0 Å². The number of benzene rings is 4. The van der Waals surface area contributed by atoms with Crippen LogP contribution in [-0.2, 0) is 0 Å². The number of anilines is 1. The van der Waals surface area contributed by atoms with Gasteiger partial charge in [0.1, 0.15) is 0 Å². The molecule has 0 spiro atoms. The van der Waals surface area contributed by atoms with E-state index < -0.39 is 5.97 Å². The molecular weight excluding hydrogens is 452 g/mol. The van der Waals surface area contributed by atoms with Gasteiger partial charge >= 0.3 is 5.97 Å². The lowest BCUT2D eigenvalue weighted by molar-refractivity contribution is 0.0697. The Labute approximate surface area is 208 Å². The van der Waals surface area contributed by atoms with Gasteiger partial charge in [-0.2, -0.15) is 0 Å². The van der Waals surface area contributed by atoms with E-state index in [1.807, 2.05) is 67.0 Å². The van der Waals surface area contributed by atoms with Crippen LogP contribution in [0, 0.1) is 11.8 Å². The second-order valence-corrected chi connectivity index (χ2v) is 8.64. The Morgan fingerprint density at radius 1 is 0.857 bits per heavy atom. The third-order valence-electron chi connectivity index (χ3n) is 5.76. The molecule has 170 valence electrons. The minimum Gasteiger partial charge on any atom is -0.478 e. The number of fused-ring (bicyclic) bond motifs is 1. The molecule has 0 aliphatic carbocycles.